The summed E-state index contributed by atoms with van der Waals surface area (Å²) in [5, 5.41) is 11.3. The smallest absolute Gasteiger partial charge is 0.338 e. The van der Waals surface area contributed by atoms with Crippen molar-refractivity contribution in [2.45, 2.75) is 0 Å². The van der Waals surface area contributed by atoms with E-state index in [-0.39, 0.29) is 23.8 Å². The number of amides is 1. The van der Waals surface area contributed by atoms with Gasteiger partial charge in [-0.1, -0.05) is 0 Å². The summed E-state index contributed by atoms with van der Waals surface area (Å²) < 4.78 is 13.4. The van der Waals surface area contributed by atoms with E-state index in [4.69, 9.17) is 10.8 Å². The molecule has 0 aliphatic rings. The maximum atomic E-state index is 13.4. The number of hydrogen-bond donors (Lipinski definition) is 3. The third kappa shape index (κ3) is 3.09. The standard InChI is InChI=1S/C11H14FN3O3/c1-15(2)10(16)5-14-9-4-7(12)6(11(17)18)3-8(9)13/h3-4,14H,5,13H2,1-2H3,(H,17,18). The van der Waals surface area contributed by atoms with Gasteiger partial charge in [0, 0.05) is 14.1 Å². The molecule has 0 unspecified atom stereocenters. The molecule has 6 nitrogen and oxygen atoms in total. The van der Waals surface area contributed by atoms with Crippen LogP contribution in [0.3, 0.4) is 0 Å². The van der Waals surface area contributed by atoms with Crippen LogP contribution in [-0.4, -0.2) is 42.5 Å². The molecular formula is C11H14FN3O3. The number of likely N-dealkylation sites (N-methyl/N-ethyl adjacent to an activating group) is 1. The molecule has 0 heterocycles. The molecule has 98 valence electrons. The molecule has 1 aromatic rings. The Balaban J connectivity index is 2.89. The van der Waals surface area contributed by atoms with Gasteiger partial charge in [-0.25, -0.2) is 9.18 Å². The van der Waals surface area contributed by atoms with Crippen LogP contribution in [0.1, 0.15) is 10.4 Å². The Bertz CT molecular complexity index is 489. The molecule has 0 saturated heterocycles. The van der Waals surface area contributed by atoms with Crippen LogP contribution in [0, 0.1) is 5.82 Å². The topological polar surface area (TPSA) is 95.7 Å². The number of nitrogen functional groups attached to an aromatic ring is 1. The predicted octanol–water partition coefficient (Wildman–Crippen LogP) is 0.606. The zero-order valence-electron chi connectivity index (χ0n) is 10.0. The van der Waals surface area contributed by atoms with Crippen molar-refractivity contribution in [1.82, 2.24) is 4.90 Å². The van der Waals surface area contributed by atoms with Gasteiger partial charge in [-0.2, -0.15) is 0 Å². The number of halogens is 1. The minimum atomic E-state index is -1.39. The molecule has 0 saturated carbocycles. The van der Waals surface area contributed by atoms with Crippen molar-refractivity contribution in [2.75, 3.05) is 31.7 Å². The van der Waals surface area contributed by atoms with Crippen molar-refractivity contribution >= 4 is 23.3 Å². The zero-order valence-corrected chi connectivity index (χ0v) is 10.0. The highest BCUT2D eigenvalue weighted by Gasteiger charge is 2.14. The molecule has 0 aromatic heterocycles. The van der Waals surface area contributed by atoms with E-state index in [1.54, 1.807) is 14.1 Å². The Kier molecular flexibility index (Phi) is 4.09. The SMILES string of the molecule is CN(C)C(=O)CNc1cc(F)c(C(=O)O)cc1N. The van der Waals surface area contributed by atoms with Crippen molar-refractivity contribution in [3.63, 3.8) is 0 Å². The van der Waals surface area contributed by atoms with Gasteiger partial charge in [-0.3, -0.25) is 4.79 Å². The second kappa shape index (κ2) is 5.35. The molecule has 0 radical (unpaired) electrons. The molecule has 0 aliphatic carbocycles. The van der Waals surface area contributed by atoms with Crippen LogP contribution in [0.5, 0.6) is 0 Å². The van der Waals surface area contributed by atoms with Gasteiger partial charge in [-0.15, -0.1) is 0 Å². The molecule has 1 aromatic carbocycles. The monoisotopic (exact) mass is 255 g/mol. The van der Waals surface area contributed by atoms with Crippen molar-refractivity contribution in [1.29, 1.82) is 0 Å². The van der Waals surface area contributed by atoms with Crippen molar-refractivity contribution in [2.24, 2.45) is 0 Å². The number of anilines is 2. The van der Waals surface area contributed by atoms with Crippen LogP contribution in [0.25, 0.3) is 0 Å². The Morgan fingerprint density at radius 1 is 1.44 bits per heavy atom. The van der Waals surface area contributed by atoms with E-state index >= 15 is 0 Å². The lowest BCUT2D eigenvalue weighted by molar-refractivity contribution is -0.126. The average Bonchev–Trinajstić information content (AvgIpc) is 2.28. The van der Waals surface area contributed by atoms with E-state index in [0.29, 0.717) is 0 Å². The molecule has 1 rings (SSSR count). The molecule has 0 spiro atoms. The summed E-state index contributed by atoms with van der Waals surface area (Å²) in [6.45, 7) is -0.0525. The highest BCUT2D eigenvalue weighted by Crippen LogP contribution is 2.22. The number of carbonyl (C=O) groups is 2. The molecule has 1 amide bonds. The summed E-state index contributed by atoms with van der Waals surface area (Å²) in [6, 6.07) is 1.97. The number of nitrogens with one attached hydrogen (secondary N) is 1. The van der Waals surface area contributed by atoms with Gasteiger partial charge in [0.1, 0.15) is 5.82 Å². The predicted molar refractivity (Wildman–Crippen MR) is 65.0 cm³/mol. The van der Waals surface area contributed by atoms with E-state index < -0.39 is 17.3 Å². The molecular weight excluding hydrogens is 241 g/mol. The first-order valence-corrected chi connectivity index (χ1v) is 5.09. The molecule has 0 fully saturated rings. The fraction of sp³-hybridized carbons (Fsp3) is 0.273. The van der Waals surface area contributed by atoms with Gasteiger partial charge in [-0.05, 0) is 12.1 Å². The third-order valence-corrected chi connectivity index (χ3v) is 2.30. The quantitative estimate of drug-likeness (QED) is 0.685. The number of carboxylic acids is 1. The van der Waals surface area contributed by atoms with Crippen molar-refractivity contribution < 1.29 is 19.1 Å². The van der Waals surface area contributed by atoms with Gasteiger partial charge in [0.2, 0.25) is 5.91 Å². The van der Waals surface area contributed by atoms with Gasteiger partial charge >= 0.3 is 5.97 Å². The van der Waals surface area contributed by atoms with E-state index in [9.17, 15) is 14.0 Å². The number of nitrogens with two attached hydrogens (primary N) is 1. The maximum Gasteiger partial charge on any atom is 0.338 e. The molecule has 7 heteroatoms. The number of nitrogens with zero attached hydrogens (tertiary/aromatic N) is 1. The molecule has 0 aliphatic heterocycles. The van der Waals surface area contributed by atoms with Gasteiger partial charge < -0.3 is 21.1 Å². The van der Waals surface area contributed by atoms with E-state index in [0.717, 1.165) is 12.1 Å². The highest BCUT2D eigenvalue weighted by atomic mass is 19.1. The summed E-state index contributed by atoms with van der Waals surface area (Å²) in [7, 11) is 3.17. The number of benzene rings is 1. The maximum absolute atomic E-state index is 13.4. The molecule has 0 atom stereocenters. The summed E-state index contributed by atoms with van der Waals surface area (Å²) in [4.78, 5) is 23.4. The fourth-order valence-electron chi connectivity index (χ4n) is 1.24. The average molecular weight is 255 g/mol. The lowest BCUT2D eigenvalue weighted by atomic mass is 10.1. The normalized spacial score (nSPS) is 9.94. The second-order valence-electron chi connectivity index (χ2n) is 3.87. The van der Waals surface area contributed by atoms with Gasteiger partial charge in [0.25, 0.3) is 0 Å². The number of aromatic carboxylic acids is 1. The highest BCUT2D eigenvalue weighted by molar-refractivity contribution is 5.91. The first kappa shape index (κ1) is 13.8. The summed E-state index contributed by atoms with van der Waals surface area (Å²) in [6.07, 6.45) is 0. The largest absolute Gasteiger partial charge is 0.478 e. The summed E-state index contributed by atoms with van der Waals surface area (Å²) in [5.41, 5.74) is 5.33. The second-order valence-corrected chi connectivity index (χ2v) is 3.87. The first-order chi connectivity index (χ1) is 8.32. The molecule has 18 heavy (non-hydrogen) atoms. The van der Waals surface area contributed by atoms with Gasteiger partial charge in [0.05, 0.1) is 23.5 Å². The summed E-state index contributed by atoms with van der Waals surface area (Å²) >= 11 is 0. The fourth-order valence-corrected chi connectivity index (χ4v) is 1.24. The Labute approximate surface area is 103 Å². The van der Waals surface area contributed by atoms with E-state index in [1.165, 1.54) is 4.90 Å². The van der Waals surface area contributed by atoms with Crippen LogP contribution in [0.2, 0.25) is 0 Å². The van der Waals surface area contributed by atoms with Crippen LogP contribution in [0.15, 0.2) is 12.1 Å². The number of hydrogen-bond acceptors (Lipinski definition) is 4. The Morgan fingerprint density at radius 3 is 2.56 bits per heavy atom. The van der Waals surface area contributed by atoms with Crippen LogP contribution < -0.4 is 11.1 Å². The van der Waals surface area contributed by atoms with Crippen LogP contribution in [0.4, 0.5) is 15.8 Å². The lowest BCUT2D eigenvalue weighted by Gasteiger charge is -2.13. The van der Waals surface area contributed by atoms with E-state index in [2.05, 4.69) is 5.32 Å². The number of carboxylic acid groups (broad SMARTS) is 1. The Hall–Kier alpha value is -2.31. The Morgan fingerprint density at radius 2 is 2.06 bits per heavy atom. The molecule has 0 bridgehead atoms. The van der Waals surface area contributed by atoms with Crippen molar-refractivity contribution in [3.8, 4) is 0 Å². The minimum absolute atomic E-state index is 0.0525. The lowest BCUT2D eigenvalue weighted by Crippen LogP contribution is -2.28. The first-order valence-electron chi connectivity index (χ1n) is 5.09. The van der Waals surface area contributed by atoms with Gasteiger partial charge in [0.15, 0.2) is 0 Å². The number of rotatable bonds is 4. The third-order valence-electron chi connectivity index (χ3n) is 2.30. The van der Waals surface area contributed by atoms with Crippen LogP contribution in [-0.2, 0) is 4.79 Å². The van der Waals surface area contributed by atoms with Crippen LogP contribution >= 0.6 is 0 Å². The van der Waals surface area contributed by atoms with E-state index in [1.807, 2.05) is 0 Å². The molecule has 4 N–H and O–H groups in total. The minimum Gasteiger partial charge on any atom is -0.478 e. The van der Waals surface area contributed by atoms with Crippen molar-refractivity contribution in [3.05, 3.63) is 23.5 Å². The summed E-state index contributed by atoms with van der Waals surface area (Å²) in [5.74, 6) is -2.51. The number of carbonyl (C=O) groups excluding carboxylic acids is 1. The zero-order chi connectivity index (χ0) is 13.9.